The van der Waals surface area contributed by atoms with E-state index in [2.05, 4.69) is 5.16 Å². The number of fused-ring (bicyclic) bond motifs is 1. The van der Waals surface area contributed by atoms with Crippen molar-refractivity contribution in [3.8, 4) is 11.3 Å². The Hall–Kier alpha value is -2.50. The molecule has 0 spiro atoms. The molecule has 0 aliphatic carbocycles. The maximum Gasteiger partial charge on any atom is 0.171 e. The number of hydrogen-bond donors (Lipinski definition) is 1. The van der Waals surface area contributed by atoms with Gasteiger partial charge in [0, 0.05) is 39.8 Å². The molecule has 0 aliphatic rings. The molecule has 2 N–H and O–H groups in total. The molecule has 26 heavy (non-hydrogen) atoms. The van der Waals surface area contributed by atoms with Gasteiger partial charge in [-0.3, -0.25) is 0 Å². The lowest BCUT2D eigenvalue weighted by Gasteiger charge is -2.10. The molecule has 0 saturated heterocycles. The van der Waals surface area contributed by atoms with Gasteiger partial charge in [0.15, 0.2) is 11.6 Å². The van der Waals surface area contributed by atoms with Gasteiger partial charge in [0.1, 0.15) is 5.82 Å². The fourth-order valence-corrected chi connectivity index (χ4v) is 3.61. The topological polar surface area (TPSA) is 57.0 Å². The van der Waals surface area contributed by atoms with Crippen molar-refractivity contribution in [3.05, 3.63) is 69.6 Å². The highest BCUT2D eigenvalue weighted by Gasteiger charge is 2.17. The molecule has 2 aromatic carbocycles. The second kappa shape index (κ2) is 6.34. The van der Waals surface area contributed by atoms with Crippen LogP contribution in [0.25, 0.3) is 22.2 Å². The van der Waals surface area contributed by atoms with Crippen LogP contribution in [0.4, 0.5) is 10.2 Å². The molecular formula is C19H14Cl2FN3O. The molecule has 4 nitrogen and oxygen atoms in total. The van der Waals surface area contributed by atoms with Crippen LogP contribution >= 0.6 is 23.2 Å². The molecule has 4 aromatic rings. The summed E-state index contributed by atoms with van der Waals surface area (Å²) in [7, 11) is 0. The Labute approximate surface area is 158 Å². The van der Waals surface area contributed by atoms with Crippen molar-refractivity contribution < 1.29 is 8.91 Å². The van der Waals surface area contributed by atoms with E-state index in [1.54, 1.807) is 18.2 Å². The Morgan fingerprint density at radius 2 is 2.00 bits per heavy atom. The van der Waals surface area contributed by atoms with E-state index in [9.17, 15) is 4.39 Å². The molecule has 132 valence electrons. The second-order valence-corrected chi connectivity index (χ2v) is 6.98. The Kier molecular flexibility index (Phi) is 4.13. The van der Waals surface area contributed by atoms with Crippen LogP contribution in [0.3, 0.4) is 0 Å². The largest absolute Gasteiger partial charge is 0.381 e. The van der Waals surface area contributed by atoms with Crippen molar-refractivity contribution in [1.29, 1.82) is 0 Å². The van der Waals surface area contributed by atoms with E-state index in [4.69, 9.17) is 33.5 Å². The van der Waals surface area contributed by atoms with Crippen LogP contribution in [0.2, 0.25) is 10.0 Å². The molecule has 0 bridgehead atoms. The zero-order chi connectivity index (χ0) is 18.4. The first-order chi connectivity index (χ1) is 12.4. The number of nitrogens with zero attached hydrogens (tertiary/aromatic N) is 2. The van der Waals surface area contributed by atoms with Crippen molar-refractivity contribution in [2.75, 3.05) is 5.73 Å². The number of aryl methyl sites for hydroxylation is 1. The quantitative estimate of drug-likeness (QED) is 0.490. The third-order valence-corrected chi connectivity index (χ3v) is 4.87. The summed E-state index contributed by atoms with van der Waals surface area (Å²) in [5.41, 5.74) is 8.92. The maximum atomic E-state index is 14.2. The molecular weight excluding hydrogens is 376 g/mol. The van der Waals surface area contributed by atoms with Gasteiger partial charge in [-0.15, -0.1) is 0 Å². The fourth-order valence-electron chi connectivity index (χ4n) is 3.14. The number of halogens is 3. The Bertz CT molecular complexity index is 1130. The predicted molar refractivity (Wildman–Crippen MR) is 102 cm³/mol. The van der Waals surface area contributed by atoms with Gasteiger partial charge < -0.3 is 14.8 Å². The van der Waals surface area contributed by atoms with Crippen molar-refractivity contribution in [2.45, 2.75) is 13.5 Å². The first-order valence-corrected chi connectivity index (χ1v) is 8.63. The highest BCUT2D eigenvalue weighted by Crippen LogP contribution is 2.34. The average molecular weight is 390 g/mol. The molecule has 2 aromatic heterocycles. The summed E-state index contributed by atoms with van der Waals surface area (Å²) in [6.07, 6.45) is 1.96. The fraction of sp³-hybridized carbons (Fsp3) is 0.105. The summed E-state index contributed by atoms with van der Waals surface area (Å²) in [5.74, 6) is 0.300. The number of nitrogens with two attached hydrogens (primary N) is 1. The van der Waals surface area contributed by atoms with Gasteiger partial charge in [0.2, 0.25) is 0 Å². The number of nitrogen functional groups attached to an aromatic ring is 1. The van der Waals surface area contributed by atoms with Crippen LogP contribution in [0.5, 0.6) is 0 Å². The van der Waals surface area contributed by atoms with Crippen LogP contribution in [0, 0.1) is 12.7 Å². The van der Waals surface area contributed by atoms with Crippen molar-refractivity contribution in [1.82, 2.24) is 9.72 Å². The minimum Gasteiger partial charge on any atom is -0.381 e. The first-order valence-electron chi connectivity index (χ1n) is 7.88. The summed E-state index contributed by atoms with van der Waals surface area (Å²) < 4.78 is 21.5. The maximum absolute atomic E-state index is 14.2. The highest BCUT2D eigenvalue weighted by atomic mass is 35.5. The highest BCUT2D eigenvalue weighted by molar-refractivity contribution is 6.35. The number of hydrogen-bond acceptors (Lipinski definition) is 3. The Morgan fingerprint density at radius 3 is 2.69 bits per heavy atom. The van der Waals surface area contributed by atoms with Crippen LogP contribution in [-0.2, 0) is 6.54 Å². The van der Waals surface area contributed by atoms with Gasteiger partial charge in [-0.1, -0.05) is 34.4 Å². The van der Waals surface area contributed by atoms with E-state index in [0.717, 1.165) is 22.0 Å². The molecule has 0 radical (unpaired) electrons. The standard InChI is InChI=1S/C19H14Cl2FN3O/c1-10-8-25(9-11-2-3-12(20)4-16(11)21)19-14(10)5-13(22)6-15(19)17-7-18(23)24-26-17/h2-8H,9H2,1H3,(H2,23,24). The van der Waals surface area contributed by atoms with E-state index in [0.29, 0.717) is 27.9 Å². The third-order valence-electron chi connectivity index (χ3n) is 4.29. The summed E-state index contributed by atoms with van der Waals surface area (Å²) in [4.78, 5) is 0. The molecule has 0 aliphatic heterocycles. The molecule has 0 amide bonds. The lowest BCUT2D eigenvalue weighted by Crippen LogP contribution is -2.00. The molecule has 0 unspecified atom stereocenters. The van der Waals surface area contributed by atoms with E-state index in [1.807, 2.05) is 23.8 Å². The van der Waals surface area contributed by atoms with Gasteiger partial charge in [-0.2, -0.15) is 0 Å². The van der Waals surface area contributed by atoms with Gasteiger partial charge in [0.05, 0.1) is 5.52 Å². The summed E-state index contributed by atoms with van der Waals surface area (Å²) in [6.45, 7) is 2.43. The molecule has 2 heterocycles. The van der Waals surface area contributed by atoms with Crippen molar-refractivity contribution >= 4 is 39.9 Å². The van der Waals surface area contributed by atoms with Gasteiger partial charge in [-0.05, 0) is 42.3 Å². The van der Waals surface area contributed by atoms with E-state index in [1.165, 1.54) is 12.1 Å². The monoisotopic (exact) mass is 389 g/mol. The first kappa shape index (κ1) is 16.9. The lowest BCUT2D eigenvalue weighted by molar-refractivity contribution is 0.435. The van der Waals surface area contributed by atoms with E-state index >= 15 is 0 Å². The molecule has 0 saturated carbocycles. The van der Waals surface area contributed by atoms with Gasteiger partial charge in [-0.25, -0.2) is 4.39 Å². The number of rotatable bonds is 3. The normalized spacial score (nSPS) is 11.4. The molecule has 0 fully saturated rings. The number of aromatic nitrogens is 2. The van der Waals surface area contributed by atoms with E-state index < -0.39 is 0 Å². The summed E-state index contributed by atoms with van der Waals surface area (Å²) in [5, 5.41) is 5.65. The van der Waals surface area contributed by atoms with Gasteiger partial charge in [0.25, 0.3) is 0 Å². The van der Waals surface area contributed by atoms with Crippen LogP contribution in [-0.4, -0.2) is 9.72 Å². The van der Waals surface area contributed by atoms with Gasteiger partial charge >= 0.3 is 0 Å². The Balaban J connectivity index is 1.93. The average Bonchev–Trinajstić information content (AvgIpc) is 3.14. The second-order valence-electron chi connectivity index (χ2n) is 6.14. The Morgan fingerprint density at radius 1 is 1.19 bits per heavy atom. The summed E-state index contributed by atoms with van der Waals surface area (Å²) >= 11 is 12.3. The SMILES string of the molecule is Cc1cn(Cc2ccc(Cl)cc2Cl)c2c(-c3cc(N)no3)cc(F)cc12. The lowest BCUT2D eigenvalue weighted by atomic mass is 10.1. The zero-order valence-corrected chi connectivity index (χ0v) is 15.3. The summed E-state index contributed by atoms with van der Waals surface area (Å²) in [6, 6.07) is 9.88. The minimum absolute atomic E-state index is 0.244. The smallest absolute Gasteiger partial charge is 0.171 e. The molecule has 4 rings (SSSR count). The van der Waals surface area contributed by atoms with Crippen LogP contribution < -0.4 is 5.73 Å². The number of benzene rings is 2. The third kappa shape index (κ3) is 2.93. The molecule has 0 atom stereocenters. The van der Waals surface area contributed by atoms with Crippen molar-refractivity contribution in [2.24, 2.45) is 0 Å². The van der Waals surface area contributed by atoms with E-state index in [-0.39, 0.29) is 11.6 Å². The molecule has 7 heteroatoms. The van der Waals surface area contributed by atoms with Crippen LogP contribution in [0.1, 0.15) is 11.1 Å². The number of anilines is 1. The zero-order valence-electron chi connectivity index (χ0n) is 13.8. The van der Waals surface area contributed by atoms with Crippen molar-refractivity contribution in [3.63, 3.8) is 0 Å². The van der Waals surface area contributed by atoms with Crippen LogP contribution in [0.15, 0.2) is 47.1 Å². The minimum atomic E-state index is -0.354. The predicted octanol–water partition coefficient (Wildman–Crippen LogP) is 5.68.